The highest BCUT2D eigenvalue weighted by atomic mass is 32.1. The summed E-state index contributed by atoms with van der Waals surface area (Å²) in [5, 5.41) is 12.2. The Bertz CT molecular complexity index is 543. The molecule has 15 heavy (non-hydrogen) atoms. The maximum absolute atomic E-state index is 11.6. The number of hydrogen-bond donors (Lipinski definition) is 1. The maximum Gasteiger partial charge on any atom is 0.223 e. The molecule has 0 atom stereocenters. The van der Waals surface area contributed by atoms with Crippen molar-refractivity contribution in [1.82, 2.24) is 0 Å². The van der Waals surface area contributed by atoms with Crippen molar-refractivity contribution >= 4 is 27.5 Å². The van der Waals surface area contributed by atoms with Gasteiger partial charge >= 0.3 is 0 Å². The summed E-state index contributed by atoms with van der Waals surface area (Å²) in [6, 6.07) is 1.31. The van der Waals surface area contributed by atoms with Crippen molar-refractivity contribution in [3.8, 4) is 0 Å². The van der Waals surface area contributed by atoms with Crippen LogP contribution in [-0.2, 0) is 0 Å². The van der Waals surface area contributed by atoms with E-state index in [0.29, 0.717) is 16.8 Å². The number of thiophene rings is 1. The van der Waals surface area contributed by atoms with Crippen LogP contribution in [0.3, 0.4) is 0 Å². The van der Waals surface area contributed by atoms with Gasteiger partial charge in [0.1, 0.15) is 4.70 Å². The highest BCUT2D eigenvalue weighted by Gasteiger charge is 2.11. The number of nitrogens with zero attached hydrogens (tertiary/aromatic N) is 1. The van der Waals surface area contributed by atoms with Crippen LogP contribution in [0.2, 0.25) is 0 Å². The van der Waals surface area contributed by atoms with E-state index in [1.54, 1.807) is 6.92 Å². The van der Waals surface area contributed by atoms with Crippen LogP contribution in [0, 0.1) is 6.92 Å². The van der Waals surface area contributed by atoms with Gasteiger partial charge in [0.2, 0.25) is 11.3 Å². The van der Waals surface area contributed by atoms with Gasteiger partial charge < -0.3 is 4.42 Å². The molecule has 0 aromatic carbocycles. The third-order valence-corrected chi connectivity index (χ3v) is 3.25. The van der Waals surface area contributed by atoms with Crippen molar-refractivity contribution in [2.24, 2.45) is 0 Å². The molecule has 2 rings (SSSR count). The minimum absolute atomic E-state index is 0.114. The van der Waals surface area contributed by atoms with Crippen LogP contribution in [-0.4, -0.2) is 11.8 Å². The molecule has 0 aliphatic heterocycles. The Morgan fingerprint density at radius 2 is 2.33 bits per heavy atom. The number of hydrogen-bond acceptors (Lipinski definition) is 5. The number of aryl methyl sites for hydroxylation is 1. The number of hydroxylamine groups is 1. The third-order valence-electron chi connectivity index (χ3n) is 2.16. The Labute approximate surface area is 90.3 Å². The first kappa shape index (κ1) is 10.2. The van der Waals surface area contributed by atoms with Crippen LogP contribution in [0.25, 0.3) is 10.3 Å². The van der Waals surface area contributed by atoms with Crippen molar-refractivity contribution in [3.63, 3.8) is 0 Å². The zero-order valence-electron chi connectivity index (χ0n) is 8.48. The van der Waals surface area contributed by atoms with Gasteiger partial charge in [0.05, 0.1) is 0 Å². The Morgan fingerprint density at radius 1 is 1.60 bits per heavy atom. The van der Waals surface area contributed by atoms with Gasteiger partial charge in [-0.3, -0.25) is 10.0 Å². The van der Waals surface area contributed by atoms with E-state index in [4.69, 9.17) is 4.42 Å². The summed E-state index contributed by atoms with van der Waals surface area (Å²) in [5.41, 5.74) is 1.37. The van der Waals surface area contributed by atoms with Gasteiger partial charge in [-0.25, -0.2) is 5.06 Å². The number of anilines is 1. The summed E-state index contributed by atoms with van der Waals surface area (Å²) >= 11 is 1.36. The zero-order valence-corrected chi connectivity index (χ0v) is 9.30. The van der Waals surface area contributed by atoms with Gasteiger partial charge in [0.25, 0.3) is 0 Å². The van der Waals surface area contributed by atoms with Gasteiger partial charge in [-0.1, -0.05) is 0 Å². The molecule has 1 N–H and O–H groups in total. The second-order valence-electron chi connectivity index (χ2n) is 3.24. The molecule has 0 spiro atoms. The molecule has 0 aliphatic rings. The Morgan fingerprint density at radius 3 is 3.00 bits per heavy atom. The lowest BCUT2D eigenvalue weighted by atomic mass is 10.3. The SMILES string of the molecule is CCN(O)c1cc(=O)c2scc(C)c2o1. The van der Waals surface area contributed by atoms with Crippen molar-refractivity contribution in [2.75, 3.05) is 11.6 Å². The van der Waals surface area contributed by atoms with E-state index in [2.05, 4.69) is 0 Å². The van der Waals surface area contributed by atoms with Crippen LogP contribution in [0.1, 0.15) is 12.5 Å². The van der Waals surface area contributed by atoms with E-state index in [-0.39, 0.29) is 11.3 Å². The van der Waals surface area contributed by atoms with Crippen molar-refractivity contribution in [3.05, 3.63) is 27.2 Å². The van der Waals surface area contributed by atoms with Gasteiger partial charge in [-0.05, 0) is 19.2 Å². The smallest absolute Gasteiger partial charge is 0.223 e. The molecular formula is C10H11NO3S. The quantitative estimate of drug-likeness (QED) is 0.797. The first-order chi connectivity index (χ1) is 7.13. The van der Waals surface area contributed by atoms with Crippen molar-refractivity contribution < 1.29 is 9.62 Å². The molecule has 0 saturated carbocycles. The highest BCUT2D eigenvalue weighted by Crippen LogP contribution is 2.25. The van der Waals surface area contributed by atoms with Crippen LogP contribution >= 0.6 is 11.3 Å². The molecule has 2 heterocycles. The molecule has 0 saturated heterocycles. The fraction of sp³-hybridized carbons (Fsp3) is 0.300. The molecule has 2 aromatic heterocycles. The molecule has 0 unspecified atom stereocenters. The number of rotatable bonds is 2. The van der Waals surface area contributed by atoms with Gasteiger partial charge in [0.15, 0.2) is 5.58 Å². The Hall–Kier alpha value is -1.33. The van der Waals surface area contributed by atoms with Gasteiger partial charge in [-0.15, -0.1) is 11.3 Å². The highest BCUT2D eigenvalue weighted by molar-refractivity contribution is 7.17. The van der Waals surface area contributed by atoms with Gasteiger partial charge in [-0.2, -0.15) is 0 Å². The van der Waals surface area contributed by atoms with Crippen LogP contribution in [0.5, 0.6) is 0 Å². The van der Waals surface area contributed by atoms with Gasteiger partial charge in [0, 0.05) is 18.2 Å². The molecule has 4 nitrogen and oxygen atoms in total. The Balaban J connectivity index is 2.70. The van der Waals surface area contributed by atoms with E-state index in [1.807, 2.05) is 12.3 Å². The lowest BCUT2D eigenvalue weighted by molar-refractivity contribution is 0.239. The zero-order chi connectivity index (χ0) is 11.0. The molecule has 80 valence electrons. The molecule has 0 radical (unpaired) electrons. The second-order valence-corrected chi connectivity index (χ2v) is 4.12. The molecule has 0 aliphatic carbocycles. The number of fused-ring (bicyclic) bond motifs is 1. The third kappa shape index (κ3) is 1.64. The first-order valence-corrected chi connectivity index (χ1v) is 5.49. The molecule has 0 fully saturated rings. The van der Waals surface area contributed by atoms with Crippen LogP contribution in [0.4, 0.5) is 5.88 Å². The van der Waals surface area contributed by atoms with Crippen molar-refractivity contribution in [2.45, 2.75) is 13.8 Å². The average Bonchev–Trinajstić information content (AvgIpc) is 2.60. The van der Waals surface area contributed by atoms with Crippen LogP contribution in [0.15, 0.2) is 20.7 Å². The van der Waals surface area contributed by atoms with E-state index >= 15 is 0 Å². The van der Waals surface area contributed by atoms with Crippen LogP contribution < -0.4 is 10.5 Å². The predicted octanol–water partition coefficient (Wildman–Crippen LogP) is 2.38. The lowest BCUT2D eigenvalue weighted by Crippen LogP contribution is -2.18. The van der Waals surface area contributed by atoms with E-state index < -0.39 is 0 Å². The van der Waals surface area contributed by atoms with E-state index in [9.17, 15) is 10.0 Å². The normalized spacial score (nSPS) is 10.9. The molecule has 0 amide bonds. The molecular weight excluding hydrogens is 214 g/mol. The summed E-state index contributed by atoms with van der Waals surface area (Å²) in [4.78, 5) is 11.6. The van der Waals surface area contributed by atoms with Crippen molar-refractivity contribution in [1.29, 1.82) is 0 Å². The predicted molar refractivity (Wildman–Crippen MR) is 59.9 cm³/mol. The summed E-state index contributed by atoms with van der Waals surface area (Å²) in [6.07, 6.45) is 0. The lowest BCUT2D eigenvalue weighted by Gasteiger charge is -2.11. The summed E-state index contributed by atoms with van der Waals surface area (Å²) in [7, 11) is 0. The monoisotopic (exact) mass is 225 g/mol. The first-order valence-electron chi connectivity index (χ1n) is 4.62. The van der Waals surface area contributed by atoms with E-state index in [1.165, 1.54) is 17.4 Å². The fourth-order valence-electron chi connectivity index (χ4n) is 1.33. The largest absolute Gasteiger partial charge is 0.437 e. The minimum atomic E-state index is -0.114. The molecule has 2 aromatic rings. The second kappa shape index (κ2) is 3.67. The Kier molecular flexibility index (Phi) is 2.50. The molecule has 0 bridgehead atoms. The standard InChI is InChI=1S/C10H11NO3S/c1-3-11(13)8-4-7(12)10-9(14-8)6(2)5-15-10/h4-5,13H,3H2,1-2H3. The maximum atomic E-state index is 11.6. The fourth-order valence-corrected chi connectivity index (χ4v) is 2.21. The molecule has 5 heteroatoms. The summed E-state index contributed by atoms with van der Waals surface area (Å²) in [5.74, 6) is 0.191. The topological polar surface area (TPSA) is 53.7 Å². The summed E-state index contributed by atoms with van der Waals surface area (Å²) in [6.45, 7) is 4.02. The minimum Gasteiger partial charge on any atom is -0.437 e. The average molecular weight is 225 g/mol. The van der Waals surface area contributed by atoms with E-state index in [0.717, 1.165) is 10.6 Å². The summed E-state index contributed by atoms with van der Waals surface area (Å²) < 4.78 is 6.05.